The number of hydrogen-bond donors (Lipinski definition) is 1. The van der Waals surface area contributed by atoms with Gasteiger partial charge in [0.25, 0.3) is 0 Å². The molecule has 0 amide bonds. The molecule has 100 valence electrons. The van der Waals surface area contributed by atoms with Crippen molar-refractivity contribution in [3.05, 3.63) is 10.6 Å². The van der Waals surface area contributed by atoms with Crippen molar-refractivity contribution in [3.8, 4) is 0 Å². The van der Waals surface area contributed by atoms with Crippen LogP contribution in [0.4, 0.5) is 5.13 Å². The van der Waals surface area contributed by atoms with Gasteiger partial charge in [0.05, 0.1) is 5.69 Å². The average molecular weight is 283 g/mol. The SMILES string of the molecule is CNCc1sc(N2CCSC(C)C2)nc1C1CC1. The number of nitrogens with one attached hydrogen (secondary N) is 1. The lowest BCUT2D eigenvalue weighted by Crippen LogP contribution is -2.36. The lowest BCUT2D eigenvalue weighted by molar-refractivity contribution is 0.774. The highest BCUT2D eigenvalue weighted by molar-refractivity contribution is 8.00. The molecule has 3 nitrogen and oxygen atoms in total. The van der Waals surface area contributed by atoms with Gasteiger partial charge >= 0.3 is 0 Å². The van der Waals surface area contributed by atoms with Gasteiger partial charge in [0.2, 0.25) is 0 Å². The predicted octanol–water partition coefficient (Wildman–Crippen LogP) is 2.68. The smallest absolute Gasteiger partial charge is 0.185 e. The van der Waals surface area contributed by atoms with Crippen molar-refractivity contribution in [2.45, 2.75) is 37.5 Å². The van der Waals surface area contributed by atoms with Gasteiger partial charge in [0.15, 0.2) is 5.13 Å². The van der Waals surface area contributed by atoms with E-state index in [-0.39, 0.29) is 0 Å². The normalized spacial score (nSPS) is 24.6. The molecule has 0 radical (unpaired) electrons. The second kappa shape index (κ2) is 5.39. The number of rotatable bonds is 4. The zero-order chi connectivity index (χ0) is 12.5. The third-order valence-corrected chi connectivity index (χ3v) is 5.80. The van der Waals surface area contributed by atoms with E-state index in [0.29, 0.717) is 0 Å². The Bertz CT molecular complexity index is 414. The van der Waals surface area contributed by atoms with Crippen LogP contribution in [0.5, 0.6) is 0 Å². The standard InChI is InChI=1S/C13H21N3S2/c1-9-8-16(5-6-17-9)13-15-12(10-3-4-10)11(18-13)7-14-2/h9-10,14H,3-8H2,1-2H3. The first-order valence-corrected chi connectivity index (χ1v) is 8.65. The van der Waals surface area contributed by atoms with Gasteiger partial charge in [-0.3, -0.25) is 0 Å². The van der Waals surface area contributed by atoms with Crippen LogP contribution in [0.2, 0.25) is 0 Å². The summed E-state index contributed by atoms with van der Waals surface area (Å²) < 4.78 is 0. The van der Waals surface area contributed by atoms with E-state index in [1.54, 1.807) is 0 Å². The van der Waals surface area contributed by atoms with Crippen LogP contribution < -0.4 is 10.2 Å². The Morgan fingerprint density at radius 1 is 1.44 bits per heavy atom. The molecular weight excluding hydrogens is 262 g/mol. The minimum absolute atomic E-state index is 0.736. The fraction of sp³-hybridized carbons (Fsp3) is 0.769. The molecule has 1 aliphatic heterocycles. The molecule has 3 rings (SSSR count). The summed E-state index contributed by atoms with van der Waals surface area (Å²) in [6, 6.07) is 0. The van der Waals surface area contributed by atoms with E-state index >= 15 is 0 Å². The third-order valence-electron chi connectivity index (χ3n) is 3.53. The first-order valence-electron chi connectivity index (χ1n) is 6.78. The number of nitrogens with zero attached hydrogens (tertiary/aromatic N) is 2. The number of thioether (sulfide) groups is 1. The fourth-order valence-electron chi connectivity index (χ4n) is 2.44. The van der Waals surface area contributed by atoms with Crippen LogP contribution in [0.1, 0.15) is 36.3 Å². The molecule has 2 fully saturated rings. The Morgan fingerprint density at radius 2 is 2.28 bits per heavy atom. The highest BCUT2D eigenvalue weighted by Gasteiger charge is 2.31. The third kappa shape index (κ3) is 2.68. The second-order valence-electron chi connectivity index (χ2n) is 5.24. The summed E-state index contributed by atoms with van der Waals surface area (Å²) in [6.07, 6.45) is 2.68. The molecule has 1 saturated heterocycles. The number of hydrogen-bond acceptors (Lipinski definition) is 5. The first-order chi connectivity index (χ1) is 8.78. The molecular formula is C13H21N3S2. The molecule has 0 bridgehead atoms. The topological polar surface area (TPSA) is 28.2 Å². The summed E-state index contributed by atoms with van der Waals surface area (Å²) in [7, 11) is 2.02. The van der Waals surface area contributed by atoms with E-state index in [4.69, 9.17) is 4.98 Å². The number of aromatic nitrogens is 1. The van der Waals surface area contributed by atoms with Gasteiger partial charge in [-0.2, -0.15) is 11.8 Å². The largest absolute Gasteiger partial charge is 0.346 e. The van der Waals surface area contributed by atoms with Crippen molar-refractivity contribution < 1.29 is 0 Å². The van der Waals surface area contributed by atoms with Crippen molar-refractivity contribution >= 4 is 28.2 Å². The van der Waals surface area contributed by atoms with Crippen LogP contribution in [0.25, 0.3) is 0 Å². The summed E-state index contributed by atoms with van der Waals surface area (Å²) in [5.74, 6) is 2.00. The predicted molar refractivity (Wildman–Crippen MR) is 81.0 cm³/mol. The van der Waals surface area contributed by atoms with Crippen LogP contribution in [-0.2, 0) is 6.54 Å². The van der Waals surface area contributed by atoms with Gasteiger partial charge in [-0.25, -0.2) is 4.98 Å². The van der Waals surface area contributed by atoms with E-state index in [1.807, 2.05) is 18.4 Å². The molecule has 1 saturated carbocycles. The van der Waals surface area contributed by atoms with E-state index in [2.05, 4.69) is 28.9 Å². The van der Waals surface area contributed by atoms with Crippen LogP contribution in [0.3, 0.4) is 0 Å². The Kier molecular flexibility index (Phi) is 3.82. The highest BCUT2D eigenvalue weighted by atomic mass is 32.2. The zero-order valence-corrected chi connectivity index (χ0v) is 12.7. The first kappa shape index (κ1) is 12.8. The van der Waals surface area contributed by atoms with Crippen molar-refractivity contribution in [3.63, 3.8) is 0 Å². The van der Waals surface area contributed by atoms with Gasteiger partial charge in [0.1, 0.15) is 0 Å². The van der Waals surface area contributed by atoms with Gasteiger partial charge in [-0.1, -0.05) is 6.92 Å². The fourth-order valence-corrected chi connectivity index (χ4v) is 4.65. The molecule has 1 N–H and O–H groups in total. The molecule has 2 aliphatic rings. The van der Waals surface area contributed by atoms with Crippen molar-refractivity contribution in [1.29, 1.82) is 0 Å². The average Bonchev–Trinajstić information content (AvgIpc) is 3.12. The molecule has 1 atom stereocenters. The van der Waals surface area contributed by atoms with E-state index in [1.165, 1.54) is 34.3 Å². The Hall–Kier alpha value is -0.260. The summed E-state index contributed by atoms with van der Waals surface area (Å²) >= 11 is 3.98. The minimum atomic E-state index is 0.736. The maximum atomic E-state index is 4.94. The van der Waals surface area contributed by atoms with Crippen LogP contribution in [0, 0.1) is 0 Å². The van der Waals surface area contributed by atoms with Crippen LogP contribution in [-0.4, -0.2) is 36.1 Å². The van der Waals surface area contributed by atoms with E-state index in [9.17, 15) is 0 Å². The van der Waals surface area contributed by atoms with Crippen LogP contribution in [0.15, 0.2) is 0 Å². The summed E-state index contributed by atoms with van der Waals surface area (Å²) in [6.45, 7) is 5.61. The van der Waals surface area contributed by atoms with E-state index < -0.39 is 0 Å². The molecule has 1 aliphatic carbocycles. The van der Waals surface area contributed by atoms with Gasteiger partial charge in [0, 0.05) is 41.4 Å². The number of thiazole rings is 1. The maximum absolute atomic E-state index is 4.94. The van der Waals surface area contributed by atoms with Gasteiger partial charge < -0.3 is 10.2 Å². The molecule has 1 unspecified atom stereocenters. The van der Waals surface area contributed by atoms with Gasteiger partial charge in [-0.05, 0) is 19.9 Å². The molecule has 0 aromatic carbocycles. The maximum Gasteiger partial charge on any atom is 0.185 e. The number of anilines is 1. The quantitative estimate of drug-likeness (QED) is 0.919. The van der Waals surface area contributed by atoms with E-state index in [0.717, 1.165) is 30.8 Å². The van der Waals surface area contributed by atoms with Crippen molar-refractivity contribution in [2.75, 3.05) is 30.8 Å². The summed E-state index contributed by atoms with van der Waals surface area (Å²) in [4.78, 5) is 8.89. The summed E-state index contributed by atoms with van der Waals surface area (Å²) in [5, 5.41) is 5.27. The highest BCUT2D eigenvalue weighted by Crippen LogP contribution is 2.44. The molecule has 2 heterocycles. The molecule has 5 heteroatoms. The zero-order valence-electron chi connectivity index (χ0n) is 11.1. The Morgan fingerprint density at radius 3 is 2.94 bits per heavy atom. The Balaban J connectivity index is 1.80. The van der Waals surface area contributed by atoms with Crippen molar-refractivity contribution in [1.82, 2.24) is 10.3 Å². The van der Waals surface area contributed by atoms with Gasteiger partial charge in [-0.15, -0.1) is 11.3 Å². The molecule has 18 heavy (non-hydrogen) atoms. The van der Waals surface area contributed by atoms with Crippen molar-refractivity contribution in [2.24, 2.45) is 0 Å². The summed E-state index contributed by atoms with van der Waals surface area (Å²) in [5.41, 5.74) is 1.38. The molecule has 0 spiro atoms. The lowest BCUT2D eigenvalue weighted by Gasteiger charge is -2.30. The van der Waals surface area contributed by atoms with Crippen LogP contribution >= 0.6 is 23.1 Å². The lowest BCUT2D eigenvalue weighted by atomic mass is 10.2. The Labute approximate surface area is 117 Å². The second-order valence-corrected chi connectivity index (χ2v) is 7.85. The molecule has 1 aromatic rings. The molecule has 1 aromatic heterocycles. The minimum Gasteiger partial charge on any atom is -0.346 e. The monoisotopic (exact) mass is 283 g/mol.